The standard InChI is InChI=1S/C10H25NOSi/c1-9(11)7-8-12-13(5,6)10(2,3)4/h9H,7-8,11H2,1-6H3. The van der Waals surface area contributed by atoms with Crippen molar-refractivity contribution in [3.63, 3.8) is 0 Å². The maximum atomic E-state index is 5.96. The van der Waals surface area contributed by atoms with Crippen molar-refractivity contribution < 1.29 is 4.43 Å². The fraction of sp³-hybridized carbons (Fsp3) is 1.00. The molecule has 0 bridgehead atoms. The molecule has 13 heavy (non-hydrogen) atoms. The molecule has 0 spiro atoms. The third-order valence-corrected chi connectivity index (χ3v) is 7.38. The Balaban J connectivity index is 3.90. The average molecular weight is 203 g/mol. The van der Waals surface area contributed by atoms with Crippen molar-refractivity contribution >= 4 is 8.32 Å². The van der Waals surface area contributed by atoms with Crippen LogP contribution in [-0.4, -0.2) is 21.0 Å². The summed E-state index contributed by atoms with van der Waals surface area (Å²) in [6.45, 7) is 14.1. The van der Waals surface area contributed by atoms with Crippen LogP contribution in [0.25, 0.3) is 0 Å². The Hall–Kier alpha value is 0.137. The van der Waals surface area contributed by atoms with E-state index in [-0.39, 0.29) is 6.04 Å². The lowest BCUT2D eigenvalue weighted by molar-refractivity contribution is 0.274. The second kappa shape index (κ2) is 4.58. The number of rotatable bonds is 4. The monoisotopic (exact) mass is 203 g/mol. The zero-order chi connectivity index (χ0) is 10.7. The van der Waals surface area contributed by atoms with E-state index in [2.05, 4.69) is 33.9 Å². The van der Waals surface area contributed by atoms with E-state index in [0.29, 0.717) is 5.04 Å². The molecule has 2 nitrogen and oxygen atoms in total. The Morgan fingerprint density at radius 1 is 1.31 bits per heavy atom. The van der Waals surface area contributed by atoms with Crippen molar-refractivity contribution in [3.8, 4) is 0 Å². The van der Waals surface area contributed by atoms with Crippen LogP contribution in [0.4, 0.5) is 0 Å². The first-order chi connectivity index (χ1) is 5.67. The van der Waals surface area contributed by atoms with Crippen LogP contribution in [0, 0.1) is 0 Å². The zero-order valence-corrected chi connectivity index (χ0v) is 11.0. The van der Waals surface area contributed by atoms with Crippen molar-refractivity contribution in [1.82, 2.24) is 0 Å². The fourth-order valence-electron chi connectivity index (χ4n) is 0.716. The Labute approximate surface area is 84.0 Å². The lowest BCUT2D eigenvalue weighted by atomic mass is 10.2. The summed E-state index contributed by atoms with van der Waals surface area (Å²) in [5.74, 6) is 0. The van der Waals surface area contributed by atoms with Gasteiger partial charge in [0.15, 0.2) is 8.32 Å². The third kappa shape index (κ3) is 4.79. The Morgan fingerprint density at radius 2 is 1.77 bits per heavy atom. The Kier molecular flexibility index (Phi) is 4.62. The molecule has 0 aromatic heterocycles. The molecule has 0 saturated carbocycles. The van der Waals surface area contributed by atoms with Crippen molar-refractivity contribution in [2.24, 2.45) is 5.73 Å². The minimum atomic E-state index is -1.53. The van der Waals surface area contributed by atoms with Gasteiger partial charge < -0.3 is 10.2 Å². The van der Waals surface area contributed by atoms with Crippen molar-refractivity contribution in [3.05, 3.63) is 0 Å². The predicted octanol–water partition coefficient (Wildman–Crippen LogP) is 2.75. The smallest absolute Gasteiger partial charge is 0.191 e. The maximum Gasteiger partial charge on any atom is 0.191 e. The highest BCUT2D eigenvalue weighted by Gasteiger charge is 2.36. The molecule has 80 valence electrons. The molecule has 0 rings (SSSR count). The first-order valence-electron chi connectivity index (χ1n) is 5.06. The molecule has 2 N–H and O–H groups in total. The largest absolute Gasteiger partial charge is 0.417 e. The molecule has 3 heteroatoms. The maximum absolute atomic E-state index is 5.96. The minimum absolute atomic E-state index is 0.254. The summed E-state index contributed by atoms with van der Waals surface area (Å²) in [6, 6.07) is 0.254. The van der Waals surface area contributed by atoms with Crippen LogP contribution in [0.15, 0.2) is 0 Å². The van der Waals surface area contributed by atoms with Crippen LogP contribution in [-0.2, 0) is 4.43 Å². The van der Waals surface area contributed by atoms with Crippen molar-refractivity contribution in [2.75, 3.05) is 6.61 Å². The van der Waals surface area contributed by atoms with Gasteiger partial charge in [0.1, 0.15) is 0 Å². The van der Waals surface area contributed by atoms with E-state index in [4.69, 9.17) is 10.2 Å². The molecule has 0 aromatic carbocycles. The number of hydrogen-bond donors (Lipinski definition) is 1. The normalized spacial score (nSPS) is 15.9. The molecular formula is C10H25NOSi. The van der Waals surface area contributed by atoms with E-state index in [9.17, 15) is 0 Å². The molecule has 0 fully saturated rings. The van der Waals surface area contributed by atoms with E-state index in [0.717, 1.165) is 13.0 Å². The predicted molar refractivity (Wildman–Crippen MR) is 61.4 cm³/mol. The average Bonchev–Trinajstić information content (AvgIpc) is 1.82. The van der Waals surface area contributed by atoms with Gasteiger partial charge in [0.25, 0.3) is 0 Å². The number of nitrogens with two attached hydrogens (primary N) is 1. The summed E-state index contributed by atoms with van der Waals surface area (Å²) in [6.07, 6.45) is 0.965. The van der Waals surface area contributed by atoms with Gasteiger partial charge in [-0.05, 0) is 31.5 Å². The molecule has 0 aliphatic rings. The zero-order valence-electron chi connectivity index (χ0n) is 9.98. The van der Waals surface area contributed by atoms with E-state index >= 15 is 0 Å². The van der Waals surface area contributed by atoms with Crippen LogP contribution < -0.4 is 5.73 Å². The van der Waals surface area contributed by atoms with Crippen LogP contribution in [0.2, 0.25) is 18.1 Å². The van der Waals surface area contributed by atoms with Gasteiger partial charge in [0.05, 0.1) is 0 Å². The fourth-order valence-corrected chi connectivity index (χ4v) is 1.78. The second-order valence-corrected chi connectivity index (χ2v) is 10.2. The minimum Gasteiger partial charge on any atom is -0.417 e. The van der Waals surface area contributed by atoms with E-state index in [1.807, 2.05) is 6.92 Å². The van der Waals surface area contributed by atoms with Gasteiger partial charge in [-0.25, -0.2) is 0 Å². The highest BCUT2D eigenvalue weighted by atomic mass is 28.4. The van der Waals surface area contributed by atoms with Gasteiger partial charge >= 0.3 is 0 Å². The Morgan fingerprint density at radius 3 is 2.08 bits per heavy atom. The first kappa shape index (κ1) is 13.1. The third-order valence-electron chi connectivity index (χ3n) is 2.84. The summed E-state index contributed by atoms with van der Waals surface area (Å²) in [5, 5.41) is 0.310. The van der Waals surface area contributed by atoms with Gasteiger partial charge in [-0.1, -0.05) is 20.8 Å². The van der Waals surface area contributed by atoms with Crippen molar-refractivity contribution in [1.29, 1.82) is 0 Å². The lowest BCUT2D eigenvalue weighted by Gasteiger charge is -2.36. The molecule has 0 aliphatic heterocycles. The van der Waals surface area contributed by atoms with E-state index < -0.39 is 8.32 Å². The highest BCUT2D eigenvalue weighted by molar-refractivity contribution is 6.74. The summed E-state index contributed by atoms with van der Waals surface area (Å²) in [4.78, 5) is 0. The quantitative estimate of drug-likeness (QED) is 0.713. The van der Waals surface area contributed by atoms with Gasteiger partial charge in [-0.2, -0.15) is 0 Å². The highest BCUT2D eigenvalue weighted by Crippen LogP contribution is 2.36. The molecule has 1 atom stereocenters. The molecule has 0 aliphatic carbocycles. The van der Waals surface area contributed by atoms with Crippen LogP contribution in [0.1, 0.15) is 34.1 Å². The summed E-state index contributed by atoms with van der Waals surface area (Å²) in [5.41, 5.74) is 5.67. The van der Waals surface area contributed by atoms with Crippen LogP contribution in [0.3, 0.4) is 0 Å². The van der Waals surface area contributed by atoms with Crippen molar-refractivity contribution in [2.45, 2.75) is 58.3 Å². The van der Waals surface area contributed by atoms with Gasteiger partial charge in [-0.3, -0.25) is 0 Å². The second-order valence-electron chi connectivity index (χ2n) is 5.37. The van der Waals surface area contributed by atoms with E-state index in [1.165, 1.54) is 0 Å². The first-order valence-corrected chi connectivity index (χ1v) is 7.97. The topological polar surface area (TPSA) is 35.2 Å². The van der Waals surface area contributed by atoms with E-state index in [1.54, 1.807) is 0 Å². The Bertz CT molecular complexity index is 149. The molecular weight excluding hydrogens is 178 g/mol. The molecule has 0 saturated heterocycles. The molecule has 0 amide bonds. The summed E-state index contributed by atoms with van der Waals surface area (Å²) < 4.78 is 5.96. The van der Waals surface area contributed by atoms with Gasteiger partial charge in [0, 0.05) is 12.6 Å². The molecule has 0 heterocycles. The lowest BCUT2D eigenvalue weighted by Crippen LogP contribution is -2.41. The molecule has 0 aromatic rings. The SMILES string of the molecule is CC(N)CCO[Si](C)(C)C(C)(C)C. The summed E-state index contributed by atoms with van der Waals surface area (Å²) in [7, 11) is -1.53. The summed E-state index contributed by atoms with van der Waals surface area (Å²) >= 11 is 0. The van der Waals surface area contributed by atoms with Gasteiger partial charge in [0.2, 0.25) is 0 Å². The van der Waals surface area contributed by atoms with Gasteiger partial charge in [-0.15, -0.1) is 0 Å². The molecule has 1 unspecified atom stereocenters. The number of hydrogen-bond acceptors (Lipinski definition) is 2. The molecule has 0 radical (unpaired) electrons. The van der Waals surface area contributed by atoms with Crippen LogP contribution in [0.5, 0.6) is 0 Å². The van der Waals surface area contributed by atoms with Crippen LogP contribution >= 0.6 is 0 Å².